The first-order chi connectivity index (χ1) is 18.1. The predicted molar refractivity (Wildman–Crippen MR) is 148 cm³/mol. The molecular formula is C30H37N3O5. The van der Waals surface area contributed by atoms with Crippen molar-refractivity contribution >= 4 is 28.9 Å². The van der Waals surface area contributed by atoms with Gasteiger partial charge in [-0.05, 0) is 63.8 Å². The second-order valence-electron chi connectivity index (χ2n) is 10.4. The van der Waals surface area contributed by atoms with Crippen LogP contribution in [0.1, 0.15) is 73.6 Å². The number of nitrogens with one attached hydrogen (secondary N) is 2. The zero-order chi connectivity index (χ0) is 27.7. The number of amides is 2. The van der Waals surface area contributed by atoms with E-state index in [2.05, 4.69) is 15.6 Å². The Labute approximate surface area is 223 Å². The minimum Gasteiger partial charge on any atom is -0.478 e. The molecule has 202 valence electrons. The number of fused-ring (bicyclic) bond motifs is 1. The number of rotatable bonds is 5. The van der Waals surface area contributed by atoms with E-state index in [1.165, 1.54) is 39.2 Å². The van der Waals surface area contributed by atoms with Gasteiger partial charge in [-0.15, -0.1) is 0 Å². The lowest BCUT2D eigenvalue weighted by molar-refractivity contribution is 0.0540. The quantitative estimate of drug-likeness (QED) is 0.378. The van der Waals surface area contributed by atoms with E-state index < -0.39 is 5.97 Å². The summed E-state index contributed by atoms with van der Waals surface area (Å²) in [6.45, 7) is 6.16. The number of aromatic nitrogens is 1. The van der Waals surface area contributed by atoms with Crippen molar-refractivity contribution in [1.29, 1.82) is 0 Å². The van der Waals surface area contributed by atoms with Crippen LogP contribution in [-0.2, 0) is 4.74 Å². The van der Waals surface area contributed by atoms with E-state index in [-0.39, 0.29) is 23.2 Å². The Hall–Kier alpha value is -3.94. The number of carbonyl (C=O) groups is 3. The van der Waals surface area contributed by atoms with E-state index in [0.29, 0.717) is 34.8 Å². The molecular weight excluding hydrogens is 482 g/mol. The molecule has 3 aromatic rings. The number of ether oxygens (including phenoxy) is 1. The van der Waals surface area contributed by atoms with Crippen molar-refractivity contribution in [3.63, 3.8) is 0 Å². The molecule has 38 heavy (non-hydrogen) atoms. The number of nitrogens with zero attached hydrogens (tertiary/aromatic N) is 1. The standard InChI is InChI=1S/C24H24N2O3.C6H13NO2/c27-23(25-15-16-7-2-1-3-8-16)20-14-22(26-21-12-5-4-11-19(20)21)17-9-6-10-18(13-17)24(28)29;1-6(2,3)9-5(8)7-4/h4-6,9-14,16H,1-3,7-8,15H2,(H,25,27)(H,28,29);1-4H3,(H,7,8). The fraction of sp³-hybridized carbons (Fsp3) is 0.400. The smallest absolute Gasteiger partial charge is 0.407 e. The summed E-state index contributed by atoms with van der Waals surface area (Å²) in [6.07, 6.45) is 5.72. The molecule has 1 aliphatic rings. The number of alkyl carbamates (subject to hydrolysis) is 1. The second-order valence-corrected chi connectivity index (χ2v) is 10.4. The summed E-state index contributed by atoms with van der Waals surface area (Å²) in [5.41, 5.74) is 2.36. The summed E-state index contributed by atoms with van der Waals surface area (Å²) in [5, 5.41) is 15.5. The molecule has 3 N–H and O–H groups in total. The maximum atomic E-state index is 13.0. The van der Waals surface area contributed by atoms with Crippen LogP contribution in [0, 0.1) is 5.92 Å². The fourth-order valence-corrected chi connectivity index (χ4v) is 4.38. The number of para-hydroxylation sites is 1. The zero-order valence-corrected chi connectivity index (χ0v) is 22.5. The number of hydrogen-bond donors (Lipinski definition) is 3. The van der Waals surface area contributed by atoms with Crippen molar-refractivity contribution in [2.24, 2.45) is 5.92 Å². The van der Waals surface area contributed by atoms with Crippen molar-refractivity contribution in [2.75, 3.05) is 13.6 Å². The maximum absolute atomic E-state index is 13.0. The number of carboxylic acids is 1. The number of hydrogen-bond acceptors (Lipinski definition) is 5. The molecule has 4 rings (SSSR count). The van der Waals surface area contributed by atoms with E-state index >= 15 is 0 Å². The molecule has 1 fully saturated rings. The van der Waals surface area contributed by atoms with E-state index in [1.807, 2.05) is 51.1 Å². The summed E-state index contributed by atoms with van der Waals surface area (Å²) in [4.78, 5) is 39.5. The molecule has 0 spiro atoms. The van der Waals surface area contributed by atoms with Crippen LogP contribution in [0.15, 0.2) is 54.6 Å². The Bertz CT molecular complexity index is 1280. The van der Waals surface area contributed by atoms with Gasteiger partial charge in [0.25, 0.3) is 5.91 Å². The molecule has 2 aromatic carbocycles. The summed E-state index contributed by atoms with van der Waals surface area (Å²) < 4.78 is 4.84. The highest BCUT2D eigenvalue weighted by Crippen LogP contribution is 2.26. The van der Waals surface area contributed by atoms with E-state index in [9.17, 15) is 19.5 Å². The molecule has 8 nitrogen and oxygen atoms in total. The van der Waals surface area contributed by atoms with E-state index in [4.69, 9.17) is 4.74 Å². The second kappa shape index (κ2) is 13.0. The van der Waals surface area contributed by atoms with Gasteiger partial charge in [0.2, 0.25) is 0 Å². The van der Waals surface area contributed by atoms with E-state index in [0.717, 1.165) is 5.39 Å². The van der Waals surface area contributed by atoms with Gasteiger partial charge < -0.3 is 20.5 Å². The van der Waals surface area contributed by atoms with Crippen LogP contribution in [0.5, 0.6) is 0 Å². The van der Waals surface area contributed by atoms with E-state index in [1.54, 1.807) is 24.3 Å². The third-order valence-electron chi connectivity index (χ3n) is 6.25. The molecule has 1 heterocycles. The average molecular weight is 520 g/mol. The van der Waals surface area contributed by atoms with Crippen LogP contribution < -0.4 is 10.6 Å². The largest absolute Gasteiger partial charge is 0.478 e. The Morgan fingerprint density at radius 2 is 1.71 bits per heavy atom. The minimum atomic E-state index is -0.988. The fourth-order valence-electron chi connectivity index (χ4n) is 4.38. The molecule has 1 aromatic heterocycles. The molecule has 0 atom stereocenters. The zero-order valence-electron chi connectivity index (χ0n) is 22.5. The monoisotopic (exact) mass is 519 g/mol. The number of pyridine rings is 1. The Kier molecular flexibility index (Phi) is 9.82. The van der Waals surface area contributed by atoms with Crippen LogP contribution >= 0.6 is 0 Å². The molecule has 0 aliphatic heterocycles. The summed E-state index contributed by atoms with van der Waals surface area (Å²) in [5.74, 6) is -0.546. The van der Waals surface area contributed by atoms with Crippen molar-refractivity contribution in [1.82, 2.24) is 15.6 Å². The third-order valence-corrected chi connectivity index (χ3v) is 6.25. The van der Waals surface area contributed by atoms with Gasteiger partial charge in [0.15, 0.2) is 0 Å². The highest BCUT2D eigenvalue weighted by molar-refractivity contribution is 6.07. The van der Waals surface area contributed by atoms with Gasteiger partial charge in [-0.3, -0.25) is 4.79 Å². The van der Waals surface area contributed by atoms with Crippen molar-refractivity contribution in [3.05, 3.63) is 65.7 Å². The Morgan fingerprint density at radius 1 is 1.00 bits per heavy atom. The lowest BCUT2D eigenvalue weighted by Crippen LogP contribution is -2.30. The number of benzene rings is 2. The minimum absolute atomic E-state index is 0.107. The summed E-state index contributed by atoms with van der Waals surface area (Å²) >= 11 is 0. The normalized spacial score (nSPS) is 13.7. The SMILES string of the molecule is CNC(=O)OC(C)(C)C.O=C(O)c1cccc(-c2cc(C(=O)NCC3CCCCC3)c3ccccc3n2)c1. The molecule has 0 unspecified atom stereocenters. The topological polar surface area (TPSA) is 118 Å². The number of carbonyl (C=O) groups excluding carboxylic acids is 2. The van der Waals surface area contributed by atoms with Crippen LogP contribution in [-0.4, -0.2) is 47.3 Å². The molecule has 0 bridgehead atoms. The first kappa shape index (κ1) is 28.6. The molecule has 8 heteroatoms. The highest BCUT2D eigenvalue weighted by Gasteiger charge is 2.18. The molecule has 0 saturated heterocycles. The van der Waals surface area contributed by atoms with Crippen LogP contribution in [0.2, 0.25) is 0 Å². The number of carboxylic acid groups (broad SMARTS) is 1. The summed E-state index contributed by atoms with van der Waals surface area (Å²) in [7, 11) is 1.54. The third kappa shape index (κ3) is 8.30. The van der Waals surface area contributed by atoms with Gasteiger partial charge in [-0.2, -0.15) is 0 Å². The maximum Gasteiger partial charge on any atom is 0.407 e. The van der Waals surface area contributed by atoms with Crippen LogP contribution in [0.4, 0.5) is 4.79 Å². The Morgan fingerprint density at radius 3 is 2.34 bits per heavy atom. The van der Waals surface area contributed by atoms with Gasteiger partial charge >= 0.3 is 12.1 Å². The first-order valence-electron chi connectivity index (χ1n) is 13.0. The van der Waals surface area contributed by atoms with Gasteiger partial charge in [0.1, 0.15) is 5.60 Å². The predicted octanol–water partition coefficient (Wildman–Crippen LogP) is 6.05. The van der Waals surface area contributed by atoms with Crippen LogP contribution in [0.3, 0.4) is 0 Å². The molecule has 1 saturated carbocycles. The summed E-state index contributed by atoms with van der Waals surface area (Å²) in [6, 6.07) is 16.0. The van der Waals surface area contributed by atoms with Gasteiger partial charge in [-0.1, -0.05) is 49.6 Å². The van der Waals surface area contributed by atoms with Gasteiger partial charge in [-0.25, -0.2) is 14.6 Å². The van der Waals surface area contributed by atoms with Gasteiger partial charge in [0.05, 0.1) is 22.3 Å². The number of aromatic carboxylic acids is 1. The molecule has 1 aliphatic carbocycles. The van der Waals surface area contributed by atoms with Crippen molar-refractivity contribution in [2.45, 2.75) is 58.5 Å². The van der Waals surface area contributed by atoms with Crippen molar-refractivity contribution in [3.8, 4) is 11.3 Å². The molecule has 2 amide bonds. The lowest BCUT2D eigenvalue weighted by Gasteiger charge is -2.22. The van der Waals surface area contributed by atoms with Crippen LogP contribution in [0.25, 0.3) is 22.2 Å². The van der Waals surface area contributed by atoms with Gasteiger partial charge in [0, 0.05) is 24.5 Å². The average Bonchev–Trinajstić information content (AvgIpc) is 2.91. The molecule has 0 radical (unpaired) electrons. The first-order valence-corrected chi connectivity index (χ1v) is 13.0. The lowest BCUT2D eigenvalue weighted by atomic mass is 9.89. The highest BCUT2D eigenvalue weighted by atomic mass is 16.6. The van der Waals surface area contributed by atoms with Crippen molar-refractivity contribution < 1.29 is 24.2 Å². The Balaban J connectivity index is 0.000000383.